The number of sulfonamides is 1. The van der Waals surface area contributed by atoms with Crippen LogP contribution in [0.5, 0.6) is 0 Å². The lowest BCUT2D eigenvalue weighted by atomic mass is 10.1. The first-order valence-electron chi connectivity index (χ1n) is 6.45. The molecule has 1 rings (SSSR count). The predicted molar refractivity (Wildman–Crippen MR) is 77.8 cm³/mol. The lowest BCUT2D eigenvalue weighted by Gasteiger charge is -2.08. The Kier molecular flexibility index (Phi) is 6.32. The van der Waals surface area contributed by atoms with Gasteiger partial charge >= 0.3 is 5.97 Å². The van der Waals surface area contributed by atoms with E-state index in [4.69, 9.17) is 5.11 Å². The average molecular weight is 314 g/mol. The van der Waals surface area contributed by atoms with E-state index in [-0.39, 0.29) is 30.0 Å². The molecule has 1 aromatic rings. The van der Waals surface area contributed by atoms with Crippen molar-refractivity contribution in [1.29, 1.82) is 0 Å². The highest BCUT2D eigenvalue weighted by molar-refractivity contribution is 7.89. The van der Waals surface area contributed by atoms with Gasteiger partial charge in [-0.25, -0.2) is 17.9 Å². The van der Waals surface area contributed by atoms with Crippen molar-refractivity contribution in [3.8, 4) is 0 Å². The summed E-state index contributed by atoms with van der Waals surface area (Å²) in [6, 6.07) is 5.83. The fraction of sp³-hybridized carbons (Fsp3) is 0.385. The lowest BCUT2D eigenvalue weighted by Crippen LogP contribution is -2.36. The minimum absolute atomic E-state index is 0.0305. The number of hydrogen-bond donors (Lipinski definition) is 3. The first kappa shape index (κ1) is 17.1. The molecule has 0 heterocycles. The number of benzene rings is 1. The maximum atomic E-state index is 11.9. The Bertz CT molecular complexity index is 613. The number of amides is 1. The molecule has 0 aliphatic heterocycles. The third-order valence-corrected chi connectivity index (χ3v) is 4.20. The van der Waals surface area contributed by atoms with Gasteiger partial charge in [0.2, 0.25) is 10.0 Å². The summed E-state index contributed by atoms with van der Waals surface area (Å²) in [6.07, 6.45) is 0.508. The molecule has 1 amide bonds. The summed E-state index contributed by atoms with van der Waals surface area (Å²) < 4.78 is 25.1. The summed E-state index contributed by atoms with van der Waals surface area (Å²) >= 11 is 0. The zero-order valence-electron chi connectivity index (χ0n) is 11.6. The van der Waals surface area contributed by atoms with Gasteiger partial charge in [0, 0.05) is 13.1 Å². The summed E-state index contributed by atoms with van der Waals surface area (Å²) in [4.78, 5) is 22.9. The minimum Gasteiger partial charge on any atom is -0.478 e. The van der Waals surface area contributed by atoms with E-state index in [0.717, 1.165) is 0 Å². The molecular formula is C13H18N2O5S. The summed E-state index contributed by atoms with van der Waals surface area (Å²) in [5.74, 6) is -1.71. The fourth-order valence-corrected chi connectivity index (χ4v) is 2.78. The second-order valence-corrected chi connectivity index (χ2v) is 6.25. The average Bonchev–Trinajstić information content (AvgIpc) is 2.43. The molecule has 1 aromatic carbocycles. The van der Waals surface area contributed by atoms with Crippen LogP contribution in [0.2, 0.25) is 0 Å². The van der Waals surface area contributed by atoms with Crippen LogP contribution in [0.1, 0.15) is 34.1 Å². The maximum Gasteiger partial charge on any atom is 0.336 e. The highest BCUT2D eigenvalue weighted by Crippen LogP contribution is 2.08. The van der Waals surface area contributed by atoms with Crippen LogP contribution < -0.4 is 10.0 Å². The number of carbonyl (C=O) groups excluding carboxylic acids is 1. The quantitative estimate of drug-likeness (QED) is 0.603. The molecule has 116 valence electrons. The van der Waals surface area contributed by atoms with Crippen molar-refractivity contribution in [2.45, 2.75) is 13.3 Å². The number of carboxylic acid groups (broad SMARTS) is 1. The van der Waals surface area contributed by atoms with E-state index in [0.29, 0.717) is 6.42 Å². The van der Waals surface area contributed by atoms with E-state index in [1.165, 1.54) is 18.2 Å². The van der Waals surface area contributed by atoms with Crippen molar-refractivity contribution in [1.82, 2.24) is 10.0 Å². The number of carboxylic acids is 1. The monoisotopic (exact) mass is 314 g/mol. The minimum atomic E-state index is -3.31. The molecule has 0 fully saturated rings. The van der Waals surface area contributed by atoms with E-state index in [1.54, 1.807) is 13.0 Å². The Balaban J connectivity index is 2.54. The van der Waals surface area contributed by atoms with Gasteiger partial charge in [-0.15, -0.1) is 0 Å². The van der Waals surface area contributed by atoms with Crippen molar-refractivity contribution >= 4 is 21.9 Å². The molecule has 0 saturated carbocycles. The Morgan fingerprint density at radius 2 is 1.76 bits per heavy atom. The van der Waals surface area contributed by atoms with Crippen molar-refractivity contribution < 1.29 is 23.1 Å². The molecule has 7 nitrogen and oxygen atoms in total. The SMILES string of the molecule is CCCS(=O)(=O)NCCNC(=O)c1ccccc1C(=O)O. The Labute approximate surface area is 123 Å². The third kappa shape index (κ3) is 5.52. The highest BCUT2D eigenvalue weighted by Gasteiger charge is 2.15. The molecule has 0 aromatic heterocycles. The second-order valence-electron chi connectivity index (χ2n) is 4.32. The zero-order chi connectivity index (χ0) is 15.9. The van der Waals surface area contributed by atoms with Crippen LogP contribution in [0.15, 0.2) is 24.3 Å². The van der Waals surface area contributed by atoms with Gasteiger partial charge in [-0.3, -0.25) is 4.79 Å². The van der Waals surface area contributed by atoms with Gasteiger partial charge in [0.05, 0.1) is 16.9 Å². The van der Waals surface area contributed by atoms with Crippen LogP contribution in [0.4, 0.5) is 0 Å². The van der Waals surface area contributed by atoms with Crippen LogP contribution in [0, 0.1) is 0 Å². The van der Waals surface area contributed by atoms with E-state index >= 15 is 0 Å². The molecule has 0 bridgehead atoms. The summed E-state index contributed by atoms with van der Waals surface area (Å²) in [7, 11) is -3.31. The van der Waals surface area contributed by atoms with E-state index in [9.17, 15) is 18.0 Å². The first-order chi connectivity index (χ1) is 9.87. The molecule has 0 aliphatic rings. The predicted octanol–water partition coefficient (Wildman–Crippen LogP) is 0.444. The highest BCUT2D eigenvalue weighted by atomic mass is 32.2. The van der Waals surface area contributed by atoms with Crippen LogP contribution in [0.3, 0.4) is 0 Å². The number of hydrogen-bond acceptors (Lipinski definition) is 4. The smallest absolute Gasteiger partial charge is 0.336 e. The van der Waals surface area contributed by atoms with Gasteiger partial charge in [-0.2, -0.15) is 0 Å². The van der Waals surface area contributed by atoms with Gasteiger partial charge in [-0.05, 0) is 18.6 Å². The van der Waals surface area contributed by atoms with Gasteiger partial charge in [0.15, 0.2) is 0 Å². The normalized spacial score (nSPS) is 11.1. The molecule has 0 aliphatic carbocycles. The number of rotatable bonds is 8. The summed E-state index contributed by atoms with van der Waals surface area (Å²) in [5.41, 5.74) is -0.0528. The molecule has 21 heavy (non-hydrogen) atoms. The van der Waals surface area contributed by atoms with Crippen molar-refractivity contribution in [2.24, 2.45) is 0 Å². The fourth-order valence-electron chi connectivity index (χ4n) is 1.69. The molecule has 0 atom stereocenters. The zero-order valence-corrected chi connectivity index (χ0v) is 12.4. The largest absolute Gasteiger partial charge is 0.478 e. The molecule has 0 unspecified atom stereocenters. The van der Waals surface area contributed by atoms with Crippen molar-refractivity contribution in [2.75, 3.05) is 18.8 Å². The van der Waals surface area contributed by atoms with Crippen molar-refractivity contribution in [3.63, 3.8) is 0 Å². The standard InChI is InChI=1S/C13H18N2O5S/c1-2-9-21(19,20)15-8-7-14-12(16)10-5-3-4-6-11(10)13(17)18/h3-6,15H,2,7-9H2,1H3,(H,14,16)(H,17,18). The maximum absolute atomic E-state index is 11.9. The number of nitrogens with one attached hydrogen (secondary N) is 2. The van der Waals surface area contributed by atoms with Gasteiger partial charge < -0.3 is 10.4 Å². The molecule has 8 heteroatoms. The topological polar surface area (TPSA) is 113 Å². The van der Waals surface area contributed by atoms with Gasteiger partial charge in [-0.1, -0.05) is 19.1 Å². The second kappa shape index (κ2) is 7.75. The first-order valence-corrected chi connectivity index (χ1v) is 8.10. The molecule has 0 radical (unpaired) electrons. The molecule has 3 N–H and O–H groups in total. The van der Waals surface area contributed by atoms with Crippen LogP contribution in [-0.4, -0.2) is 44.2 Å². The Morgan fingerprint density at radius 3 is 2.33 bits per heavy atom. The Hall–Kier alpha value is -1.93. The van der Waals surface area contributed by atoms with Crippen molar-refractivity contribution in [3.05, 3.63) is 35.4 Å². The summed E-state index contributed by atoms with van der Waals surface area (Å²) in [6.45, 7) is 1.89. The van der Waals surface area contributed by atoms with Crippen LogP contribution in [-0.2, 0) is 10.0 Å². The molecular weight excluding hydrogens is 296 g/mol. The van der Waals surface area contributed by atoms with Gasteiger partial charge in [0.1, 0.15) is 0 Å². The van der Waals surface area contributed by atoms with Crippen LogP contribution in [0.25, 0.3) is 0 Å². The Morgan fingerprint density at radius 1 is 1.14 bits per heavy atom. The van der Waals surface area contributed by atoms with E-state index < -0.39 is 21.9 Å². The van der Waals surface area contributed by atoms with Gasteiger partial charge in [0.25, 0.3) is 5.91 Å². The molecule has 0 saturated heterocycles. The van der Waals surface area contributed by atoms with E-state index in [1.807, 2.05) is 0 Å². The van der Waals surface area contributed by atoms with Crippen LogP contribution >= 0.6 is 0 Å². The number of aromatic carboxylic acids is 1. The molecule has 0 spiro atoms. The summed E-state index contributed by atoms with van der Waals surface area (Å²) in [5, 5.41) is 11.5. The van der Waals surface area contributed by atoms with E-state index in [2.05, 4.69) is 10.0 Å². The third-order valence-electron chi connectivity index (χ3n) is 2.61. The number of carbonyl (C=O) groups is 2. The lowest BCUT2D eigenvalue weighted by molar-refractivity contribution is 0.0691.